The molecular weight excluding hydrogens is 374 g/mol. The second kappa shape index (κ2) is 8.58. The number of nitrogens with zero attached hydrogens (tertiary/aromatic N) is 6. The molecule has 4 heterocycles. The summed E-state index contributed by atoms with van der Waals surface area (Å²) in [5.74, 6) is 0.122. The number of ether oxygens (including phenoxy) is 1. The maximum Gasteiger partial charge on any atom is 0.366 e. The minimum atomic E-state index is -0.530. The van der Waals surface area contributed by atoms with Crippen LogP contribution < -0.4 is 15.8 Å². The van der Waals surface area contributed by atoms with Gasteiger partial charge in [-0.2, -0.15) is 0 Å². The zero-order chi connectivity index (χ0) is 20.2. The van der Waals surface area contributed by atoms with Gasteiger partial charge < -0.3 is 19.5 Å². The predicted octanol–water partition coefficient (Wildman–Crippen LogP) is 0.596. The first-order valence-electron chi connectivity index (χ1n) is 9.73. The number of rotatable bonds is 6. The van der Waals surface area contributed by atoms with Gasteiger partial charge in [-0.15, -0.1) is 0 Å². The lowest BCUT2D eigenvalue weighted by atomic mass is 10.1. The molecule has 1 N–H and O–H groups in total. The summed E-state index contributed by atoms with van der Waals surface area (Å²) in [6.45, 7) is 6.43. The Kier molecular flexibility index (Phi) is 5.72. The third kappa shape index (κ3) is 4.08. The van der Waals surface area contributed by atoms with Gasteiger partial charge in [-0.3, -0.25) is 9.78 Å². The van der Waals surface area contributed by atoms with Crippen molar-refractivity contribution in [1.82, 2.24) is 19.9 Å². The van der Waals surface area contributed by atoms with E-state index in [1.54, 1.807) is 10.8 Å². The molecule has 0 radical (unpaired) electrons. The monoisotopic (exact) mass is 397 g/mol. The highest BCUT2D eigenvalue weighted by atomic mass is 16.5. The third-order valence-electron chi connectivity index (χ3n) is 4.95. The Labute approximate surface area is 167 Å². The molecule has 0 aromatic carbocycles. The number of aromatic nitrogens is 3. The molecule has 10 heteroatoms. The van der Waals surface area contributed by atoms with Crippen molar-refractivity contribution >= 4 is 35.3 Å². The summed E-state index contributed by atoms with van der Waals surface area (Å²) in [7, 11) is 0. The minimum Gasteiger partial charge on any atom is -0.380 e. The fourth-order valence-corrected chi connectivity index (χ4v) is 3.45. The van der Waals surface area contributed by atoms with E-state index in [0.717, 1.165) is 26.2 Å². The lowest BCUT2D eigenvalue weighted by Gasteiger charge is -2.28. The number of urea groups is 1. The maximum atomic E-state index is 13.3. The first kappa shape index (κ1) is 19.3. The molecule has 2 aliphatic heterocycles. The van der Waals surface area contributed by atoms with Crippen molar-refractivity contribution in [2.75, 3.05) is 44.3 Å². The van der Waals surface area contributed by atoms with Crippen LogP contribution in [0.3, 0.4) is 0 Å². The normalized spacial score (nSPS) is 17.4. The molecule has 0 aliphatic carbocycles. The van der Waals surface area contributed by atoms with E-state index in [0.29, 0.717) is 42.3 Å². The molecule has 2 aliphatic rings. The van der Waals surface area contributed by atoms with Crippen LogP contribution in [0.15, 0.2) is 27.0 Å². The zero-order valence-corrected chi connectivity index (χ0v) is 16.2. The van der Waals surface area contributed by atoms with E-state index in [1.807, 2.05) is 17.9 Å². The molecule has 1 fully saturated rings. The number of carbonyl (C=O) groups is 1. The van der Waals surface area contributed by atoms with Gasteiger partial charge >= 0.3 is 6.03 Å². The summed E-state index contributed by atoms with van der Waals surface area (Å²) in [6, 6.07) is 1.29. The summed E-state index contributed by atoms with van der Waals surface area (Å²) in [4.78, 5) is 43.0. The SMILES string of the molecule is CCOCCn1c(=O)c(N2CCNCC2)nc2cnc(C3C=NC(=O)N=C3)cc21. The fourth-order valence-electron chi connectivity index (χ4n) is 3.45. The Morgan fingerprint density at radius 1 is 1.21 bits per heavy atom. The van der Waals surface area contributed by atoms with Gasteiger partial charge in [0.1, 0.15) is 5.52 Å². The molecule has 2 aromatic rings. The number of anilines is 1. The molecule has 1 saturated heterocycles. The van der Waals surface area contributed by atoms with Crippen LogP contribution in [0.1, 0.15) is 18.5 Å². The average molecular weight is 397 g/mol. The quantitative estimate of drug-likeness (QED) is 0.710. The molecule has 152 valence electrons. The molecule has 0 spiro atoms. The Morgan fingerprint density at radius 3 is 2.69 bits per heavy atom. The van der Waals surface area contributed by atoms with Crippen LogP contribution >= 0.6 is 0 Å². The highest BCUT2D eigenvalue weighted by Gasteiger charge is 2.21. The van der Waals surface area contributed by atoms with E-state index < -0.39 is 6.03 Å². The van der Waals surface area contributed by atoms with Crippen LogP contribution in [0.5, 0.6) is 0 Å². The van der Waals surface area contributed by atoms with Gasteiger partial charge in [-0.05, 0) is 13.0 Å². The fraction of sp³-hybridized carbons (Fsp3) is 0.474. The van der Waals surface area contributed by atoms with Crippen LogP contribution in [0.4, 0.5) is 10.6 Å². The maximum absolute atomic E-state index is 13.3. The van der Waals surface area contributed by atoms with E-state index >= 15 is 0 Å². The first-order valence-corrected chi connectivity index (χ1v) is 9.73. The van der Waals surface area contributed by atoms with Crippen molar-refractivity contribution in [3.05, 3.63) is 28.3 Å². The molecule has 4 rings (SSSR count). The predicted molar refractivity (Wildman–Crippen MR) is 110 cm³/mol. The molecular formula is C19H23N7O3. The van der Waals surface area contributed by atoms with E-state index in [2.05, 4.69) is 25.3 Å². The van der Waals surface area contributed by atoms with Gasteiger partial charge in [0.15, 0.2) is 5.82 Å². The molecule has 0 atom stereocenters. The molecule has 0 unspecified atom stereocenters. The number of fused-ring (bicyclic) bond motifs is 1. The van der Waals surface area contributed by atoms with Crippen LogP contribution in [0.25, 0.3) is 11.0 Å². The van der Waals surface area contributed by atoms with Gasteiger partial charge in [-0.1, -0.05) is 0 Å². The topological polar surface area (TPSA) is 114 Å². The van der Waals surface area contributed by atoms with E-state index in [4.69, 9.17) is 4.74 Å². The second-order valence-corrected chi connectivity index (χ2v) is 6.79. The van der Waals surface area contributed by atoms with Crippen molar-refractivity contribution in [2.45, 2.75) is 19.4 Å². The lowest BCUT2D eigenvalue weighted by molar-refractivity contribution is 0.139. The number of amides is 2. The number of hydrogen-bond acceptors (Lipinski definition) is 7. The van der Waals surface area contributed by atoms with Gasteiger partial charge in [0.05, 0.1) is 29.9 Å². The number of nitrogens with one attached hydrogen (secondary N) is 1. The second-order valence-electron chi connectivity index (χ2n) is 6.79. The van der Waals surface area contributed by atoms with E-state index in [9.17, 15) is 9.59 Å². The number of carbonyl (C=O) groups excluding carboxylic acids is 1. The Balaban J connectivity index is 1.78. The van der Waals surface area contributed by atoms with Crippen LogP contribution in [0.2, 0.25) is 0 Å². The molecule has 0 saturated carbocycles. The zero-order valence-electron chi connectivity index (χ0n) is 16.2. The lowest BCUT2D eigenvalue weighted by Crippen LogP contribution is -2.46. The Morgan fingerprint density at radius 2 is 1.97 bits per heavy atom. The largest absolute Gasteiger partial charge is 0.380 e. The van der Waals surface area contributed by atoms with Crippen molar-refractivity contribution in [1.29, 1.82) is 0 Å². The number of aliphatic imine (C=N–C) groups is 2. The third-order valence-corrected chi connectivity index (χ3v) is 4.95. The van der Waals surface area contributed by atoms with Gasteiger partial charge in [0.25, 0.3) is 5.56 Å². The summed E-state index contributed by atoms with van der Waals surface area (Å²) in [6.07, 6.45) is 4.68. The smallest absolute Gasteiger partial charge is 0.366 e. The Hall–Kier alpha value is -2.98. The molecule has 29 heavy (non-hydrogen) atoms. The number of pyridine rings is 1. The van der Waals surface area contributed by atoms with E-state index in [-0.39, 0.29) is 11.5 Å². The standard InChI is InChI=1S/C19H23N7O3/c1-2-29-8-7-26-16-9-14(13-10-22-19(28)23-11-13)21-12-15(16)24-17(18(26)27)25-5-3-20-4-6-25/h9-13,20H,2-8H2,1H3. The van der Waals surface area contributed by atoms with Crippen molar-refractivity contribution in [3.8, 4) is 0 Å². The highest BCUT2D eigenvalue weighted by molar-refractivity contribution is 6.04. The van der Waals surface area contributed by atoms with Crippen molar-refractivity contribution < 1.29 is 9.53 Å². The van der Waals surface area contributed by atoms with Crippen molar-refractivity contribution in [3.63, 3.8) is 0 Å². The van der Waals surface area contributed by atoms with E-state index in [1.165, 1.54) is 12.4 Å². The molecule has 2 amide bonds. The average Bonchev–Trinajstić information content (AvgIpc) is 2.76. The number of piperazine rings is 1. The van der Waals surface area contributed by atoms with Gasteiger partial charge in [0, 0.05) is 51.8 Å². The van der Waals surface area contributed by atoms with Crippen LogP contribution in [0, 0.1) is 0 Å². The van der Waals surface area contributed by atoms with Crippen molar-refractivity contribution in [2.24, 2.45) is 9.98 Å². The molecule has 10 nitrogen and oxygen atoms in total. The highest BCUT2D eigenvalue weighted by Crippen LogP contribution is 2.19. The first-order chi connectivity index (χ1) is 14.2. The molecule has 0 bridgehead atoms. The van der Waals surface area contributed by atoms with Gasteiger partial charge in [-0.25, -0.2) is 19.8 Å². The molecule has 2 aromatic heterocycles. The minimum absolute atomic E-state index is 0.141. The van der Waals surface area contributed by atoms with Crippen LogP contribution in [-0.2, 0) is 11.3 Å². The summed E-state index contributed by atoms with van der Waals surface area (Å²) in [5.41, 5.74) is 1.83. The summed E-state index contributed by atoms with van der Waals surface area (Å²) < 4.78 is 7.18. The Bertz CT molecular complexity index is 1010. The van der Waals surface area contributed by atoms with Gasteiger partial charge in [0.2, 0.25) is 0 Å². The van der Waals surface area contributed by atoms with Crippen LogP contribution in [-0.4, -0.2) is 72.4 Å². The number of hydrogen-bond donors (Lipinski definition) is 1. The summed E-state index contributed by atoms with van der Waals surface area (Å²) >= 11 is 0. The summed E-state index contributed by atoms with van der Waals surface area (Å²) in [5, 5.41) is 3.29.